The van der Waals surface area contributed by atoms with Gasteiger partial charge in [0, 0.05) is 0 Å². The van der Waals surface area contributed by atoms with Crippen LogP contribution in [0.25, 0.3) is 11.2 Å². The number of hydrogen-bond acceptors (Lipinski definition) is 12. The first-order chi connectivity index (χ1) is 12.9. The second kappa shape index (κ2) is 7.27. The zero-order chi connectivity index (χ0) is 20.9. The van der Waals surface area contributed by atoms with Crippen molar-refractivity contribution in [3.05, 3.63) is 6.33 Å². The van der Waals surface area contributed by atoms with Gasteiger partial charge in [0.15, 0.2) is 17.7 Å². The summed E-state index contributed by atoms with van der Waals surface area (Å²) >= 11 is 0. The van der Waals surface area contributed by atoms with E-state index in [1.54, 1.807) is 0 Å². The Balaban J connectivity index is 1.78. The van der Waals surface area contributed by atoms with Gasteiger partial charge in [-0.05, 0) is 0 Å². The van der Waals surface area contributed by atoms with E-state index in [0.717, 1.165) is 0 Å². The third kappa shape index (κ3) is 4.31. The number of rotatable bonds is 6. The van der Waals surface area contributed by atoms with Crippen LogP contribution in [0, 0.1) is 0 Å². The highest BCUT2D eigenvalue weighted by molar-refractivity contribution is 7.60. The third-order valence-electron chi connectivity index (χ3n) is 3.69. The molecule has 1 fully saturated rings. The molecule has 1 aliphatic heterocycles. The van der Waals surface area contributed by atoms with Gasteiger partial charge in [0.2, 0.25) is 5.95 Å². The molecule has 156 valence electrons. The van der Waals surface area contributed by atoms with Gasteiger partial charge in [-0.2, -0.15) is 14.3 Å². The van der Waals surface area contributed by atoms with E-state index in [4.69, 9.17) is 26.0 Å². The summed E-state index contributed by atoms with van der Waals surface area (Å²) in [6.07, 6.45) is -4.58. The summed E-state index contributed by atoms with van der Waals surface area (Å²) in [5, 5.41) is 20.3. The minimum Gasteiger partial charge on any atom is -0.387 e. The number of fused-ring (bicyclic) bond motifs is 1. The summed E-state index contributed by atoms with van der Waals surface area (Å²) in [5.74, 6) is -0.194. The van der Waals surface area contributed by atoms with Crippen molar-refractivity contribution in [1.82, 2.24) is 19.5 Å². The van der Waals surface area contributed by atoms with E-state index < -0.39 is 46.8 Å². The fourth-order valence-corrected chi connectivity index (χ4v) is 4.16. The van der Waals surface area contributed by atoms with Crippen LogP contribution >= 0.6 is 15.6 Å². The lowest BCUT2D eigenvalue weighted by atomic mass is 10.1. The number of ether oxygens (including phenoxy) is 1. The molecule has 9 N–H and O–H groups in total. The predicted octanol–water partition coefficient (Wildman–Crippen LogP) is -2.16. The third-order valence-corrected chi connectivity index (χ3v) is 5.84. The fourth-order valence-electron chi connectivity index (χ4n) is 2.56. The lowest BCUT2D eigenvalue weighted by Gasteiger charge is -2.17. The summed E-state index contributed by atoms with van der Waals surface area (Å²) in [6, 6.07) is 0. The number of hydrogen-bond donors (Lipinski definition) is 7. The number of phosphoric ester groups is 1. The number of imidazole rings is 1. The van der Waals surface area contributed by atoms with Gasteiger partial charge in [-0.1, -0.05) is 0 Å². The molecule has 0 aromatic carbocycles. The van der Waals surface area contributed by atoms with Gasteiger partial charge in [-0.15, -0.1) is 0 Å². The SMILES string of the molecule is Nc1nc(N)c2ncn([C@@H]3O[C@H](COP(=O)(O)OP(=O)(O)O)[C@@H](O)[C@H]3O)c2n1. The second-order valence-corrected chi connectivity index (χ2v) is 8.50. The second-order valence-electron chi connectivity index (χ2n) is 5.67. The Bertz CT molecular complexity index is 979. The number of aromatic nitrogens is 4. The first-order valence-corrected chi connectivity index (χ1v) is 10.4. The largest absolute Gasteiger partial charge is 0.481 e. The van der Waals surface area contributed by atoms with Crippen LogP contribution in [0.2, 0.25) is 0 Å². The van der Waals surface area contributed by atoms with Crippen LogP contribution in [-0.4, -0.2) is 69.3 Å². The molecule has 3 heterocycles. The standard InChI is InChI=1S/C10H16N6O10P2/c11-7-4-8(15-10(12)14-7)16(2-13-4)9-6(18)5(17)3(25-9)1-24-28(22,23)26-27(19,20)21/h2-3,5-6,9,17-18H,1H2,(H,22,23)(H2,19,20,21)(H4,11,12,14,15)/t3-,5-,6-,9-/m1/s1. The van der Waals surface area contributed by atoms with Gasteiger partial charge in [-0.3, -0.25) is 9.09 Å². The van der Waals surface area contributed by atoms with Crippen LogP contribution in [-0.2, 0) is 22.7 Å². The maximum atomic E-state index is 11.5. The van der Waals surface area contributed by atoms with E-state index in [2.05, 4.69) is 23.8 Å². The van der Waals surface area contributed by atoms with Crippen molar-refractivity contribution in [1.29, 1.82) is 0 Å². The molecule has 0 bridgehead atoms. The van der Waals surface area contributed by atoms with Crippen LogP contribution < -0.4 is 11.5 Å². The zero-order valence-electron chi connectivity index (χ0n) is 13.7. The van der Waals surface area contributed by atoms with E-state index in [0.29, 0.717) is 0 Å². The normalized spacial score (nSPS) is 27.9. The molecule has 28 heavy (non-hydrogen) atoms. The van der Waals surface area contributed by atoms with Crippen molar-refractivity contribution in [3.63, 3.8) is 0 Å². The molecule has 5 atom stereocenters. The topological polar surface area (TPSA) is 259 Å². The van der Waals surface area contributed by atoms with Gasteiger partial charge < -0.3 is 41.1 Å². The van der Waals surface area contributed by atoms with Crippen molar-refractivity contribution in [3.8, 4) is 0 Å². The van der Waals surface area contributed by atoms with Gasteiger partial charge >= 0.3 is 15.6 Å². The number of nitrogens with two attached hydrogens (primary N) is 2. The highest BCUT2D eigenvalue weighted by Gasteiger charge is 2.46. The summed E-state index contributed by atoms with van der Waals surface area (Å²) < 4.78 is 36.8. The molecular formula is C10H16N6O10P2. The monoisotopic (exact) mass is 442 g/mol. The van der Waals surface area contributed by atoms with E-state index in [9.17, 15) is 24.2 Å². The molecule has 3 rings (SSSR count). The molecule has 16 nitrogen and oxygen atoms in total. The van der Waals surface area contributed by atoms with Crippen molar-refractivity contribution in [2.75, 3.05) is 18.1 Å². The minimum atomic E-state index is -5.31. The molecule has 1 aliphatic rings. The summed E-state index contributed by atoms with van der Waals surface area (Å²) in [4.78, 5) is 38.1. The molecular weight excluding hydrogens is 426 g/mol. The molecule has 1 saturated heterocycles. The van der Waals surface area contributed by atoms with E-state index in [1.165, 1.54) is 10.9 Å². The molecule has 2 aromatic heterocycles. The van der Waals surface area contributed by atoms with E-state index in [-0.39, 0.29) is 22.9 Å². The molecule has 2 aromatic rings. The lowest BCUT2D eigenvalue weighted by molar-refractivity contribution is -0.0503. The Morgan fingerprint density at radius 3 is 2.50 bits per heavy atom. The van der Waals surface area contributed by atoms with Crippen molar-refractivity contribution < 1.29 is 47.6 Å². The van der Waals surface area contributed by atoms with Crippen molar-refractivity contribution in [2.24, 2.45) is 0 Å². The zero-order valence-corrected chi connectivity index (χ0v) is 15.5. The fraction of sp³-hybridized carbons (Fsp3) is 0.500. The van der Waals surface area contributed by atoms with Crippen LogP contribution in [0.5, 0.6) is 0 Å². The number of nitrogens with zero attached hydrogens (tertiary/aromatic N) is 4. The molecule has 1 unspecified atom stereocenters. The maximum Gasteiger partial charge on any atom is 0.481 e. The molecule has 0 radical (unpaired) electrons. The Labute approximate surface area is 155 Å². The Kier molecular flexibility index (Phi) is 5.46. The molecule has 0 amide bonds. The van der Waals surface area contributed by atoms with Gasteiger partial charge in [0.25, 0.3) is 0 Å². The van der Waals surface area contributed by atoms with Crippen molar-refractivity contribution >= 4 is 38.6 Å². The number of anilines is 2. The van der Waals surface area contributed by atoms with Crippen LogP contribution in [0.1, 0.15) is 6.23 Å². The lowest BCUT2D eigenvalue weighted by Crippen LogP contribution is -2.33. The summed E-state index contributed by atoms with van der Waals surface area (Å²) in [5.41, 5.74) is 11.5. The highest BCUT2D eigenvalue weighted by atomic mass is 31.3. The van der Waals surface area contributed by atoms with Crippen LogP contribution in [0.3, 0.4) is 0 Å². The number of aliphatic hydroxyl groups is 2. The molecule has 18 heteroatoms. The first kappa shape index (κ1) is 21.0. The smallest absolute Gasteiger partial charge is 0.387 e. The Hall–Kier alpha value is -1.71. The van der Waals surface area contributed by atoms with E-state index in [1.807, 2.05) is 0 Å². The van der Waals surface area contributed by atoms with E-state index >= 15 is 0 Å². The number of phosphoric acid groups is 2. The van der Waals surface area contributed by atoms with Gasteiger partial charge in [0.1, 0.15) is 23.8 Å². The molecule has 0 aliphatic carbocycles. The Morgan fingerprint density at radius 2 is 1.86 bits per heavy atom. The van der Waals surface area contributed by atoms with Gasteiger partial charge in [-0.25, -0.2) is 14.1 Å². The van der Waals surface area contributed by atoms with Gasteiger partial charge in [0.05, 0.1) is 12.9 Å². The minimum absolute atomic E-state index is 0.0232. The average Bonchev–Trinajstić information content (AvgIpc) is 3.06. The average molecular weight is 442 g/mol. The quantitative estimate of drug-likeness (QED) is 0.235. The van der Waals surface area contributed by atoms with Crippen LogP contribution in [0.15, 0.2) is 6.33 Å². The van der Waals surface area contributed by atoms with Crippen LogP contribution in [0.4, 0.5) is 11.8 Å². The Morgan fingerprint density at radius 1 is 1.18 bits per heavy atom. The first-order valence-electron chi connectivity index (χ1n) is 7.39. The predicted molar refractivity (Wildman–Crippen MR) is 89.0 cm³/mol. The summed E-state index contributed by atoms with van der Waals surface area (Å²) in [7, 11) is -10.5. The molecule has 0 spiro atoms. The number of aliphatic hydroxyl groups excluding tert-OH is 2. The summed E-state index contributed by atoms with van der Waals surface area (Å²) in [6.45, 7) is -0.839. The molecule has 0 saturated carbocycles. The maximum absolute atomic E-state index is 11.5. The highest BCUT2D eigenvalue weighted by Crippen LogP contribution is 2.57. The van der Waals surface area contributed by atoms with Crippen molar-refractivity contribution in [2.45, 2.75) is 24.5 Å². The number of nitrogen functional groups attached to an aromatic ring is 2.